The smallest absolute Gasteiger partial charge is 0.252 e. The van der Waals surface area contributed by atoms with Crippen LogP contribution < -0.4 is 5.32 Å². The first-order valence-corrected chi connectivity index (χ1v) is 9.28. The van der Waals surface area contributed by atoms with E-state index in [1.54, 1.807) is 25.1 Å². The molecule has 1 rings (SSSR count). The Bertz CT molecular complexity index is 552. The van der Waals surface area contributed by atoms with Gasteiger partial charge in [0.1, 0.15) is 0 Å². The second kappa shape index (κ2) is 8.82. The van der Waals surface area contributed by atoms with Gasteiger partial charge in [0.25, 0.3) is 5.91 Å². The molecule has 0 saturated carbocycles. The predicted octanol–water partition coefficient (Wildman–Crippen LogP) is 3.18. The summed E-state index contributed by atoms with van der Waals surface area (Å²) in [6.07, 6.45) is 5.59. The fourth-order valence-corrected chi connectivity index (χ4v) is 3.20. The van der Waals surface area contributed by atoms with Crippen LogP contribution in [0, 0.1) is 0 Å². The van der Waals surface area contributed by atoms with Crippen LogP contribution in [0.1, 0.15) is 56.3 Å². The second-order valence-electron chi connectivity index (χ2n) is 5.07. The monoisotopic (exact) mass is 311 g/mol. The maximum Gasteiger partial charge on any atom is 0.252 e. The molecule has 118 valence electrons. The van der Waals surface area contributed by atoms with Crippen molar-refractivity contribution in [3.8, 4) is 0 Å². The molecule has 0 heterocycles. The molecule has 0 unspecified atom stereocenters. The van der Waals surface area contributed by atoms with Crippen LogP contribution >= 0.6 is 0 Å². The van der Waals surface area contributed by atoms with E-state index in [0.29, 0.717) is 6.54 Å². The third-order valence-electron chi connectivity index (χ3n) is 3.41. The SMILES string of the molecule is CCCCCCCNC(=O)c1ccccc1S(=O)(=O)CC. The minimum atomic E-state index is -3.38. The molecule has 0 aliphatic heterocycles. The lowest BCUT2D eigenvalue weighted by atomic mass is 10.1. The summed E-state index contributed by atoms with van der Waals surface area (Å²) < 4.78 is 24.0. The van der Waals surface area contributed by atoms with Gasteiger partial charge in [0, 0.05) is 6.54 Å². The van der Waals surface area contributed by atoms with Gasteiger partial charge in [-0.25, -0.2) is 8.42 Å². The van der Waals surface area contributed by atoms with Crippen LogP contribution in [0.5, 0.6) is 0 Å². The largest absolute Gasteiger partial charge is 0.352 e. The first-order chi connectivity index (χ1) is 10.0. The quantitative estimate of drug-likeness (QED) is 0.712. The van der Waals surface area contributed by atoms with Crippen LogP contribution in [0.25, 0.3) is 0 Å². The summed E-state index contributed by atoms with van der Waals surface area (Å²) in [7, 11) is -3.38. The zero-order valence-corrected chi connectivity index (χ0v) is 13.7. The van der Waals surface area contributed by atoms with Crippen molar-refractivity contribution >= 4 is 15.7 Å². The molecule has 0 aliphatic rings. The molecule has 0 saturated heterocycles. The molecule has 1 amide bonds. The standard InChI is InChI=1S/C16H25NO3S/c1-3-5-6-7-10-13-17-16(18)14-11-8-9-12-15(14)21(19,20)4-2/h8-9,11-12H,3-7,10,13H2,1-2H3,(H,17,18). The van der Waals surface area contributed by atoms with Gasteiger partial charge in [-0.1, -0.05) is 51.7 Å². The van der Waals surface area contributed by atoms with Crippen LogP contribution in [0.3, 0.4) is 0 Å². The van der Waals surface area contributed by atoms with Gasteiger partial charge in [-0.3, -0.25) is 4.79 Å². The Morgan fingerprint density at radius 3 is 2.38 bits per heavy atom. The molecule has 4 nitrogen and oxygen atoms in total. The minimum Gasteiger partial charge on any atom is -0.352 e. The molecule has 1 N–H and O–H groups in total. The highest BCUT2D eigenvalue weighted by Gasteiger charge is 2.19. The lowest BCUT2D eigenvalue weighted by molar-refractivity contribution is 0.0949. The Hall–Kier alpha value is -1.36. The van der Waals surface area contributed by atoms with Gasteiger partial charge in [0.2, 0.25) is 0 Å². The van der Waals surface area contributed by atoms with Crippen LogP contribution in [0.4, 0.5) is 0 Å². The molecule has 21 heavy (non-hydrogen) atoms. The highest BCUT2D eigenvalue weighted by atomic mass is 32.2. The number of hydrogen-bond acceptors (Lipinski definition) is 3. The Balaban J connectivity index is 2.63. The van der Waals surface area contributed by atoms with Crippen LogP contribution in [-0.4, -0.2) is 26.6 Å². The van der Waals surface area contributed by atoms with Crippen LogP contribution in [-0.2, 0) is 9.84 Å². The average Bonchev–Trinajstić information content (AvgIpc) is 2.50. The molecular weight excluding hydrogens is 286 g/mol. The second-order valence-corrected chi connectivity index (χ2v) is 7.32. The van der Waals surface area contributed by atoms with Crippen molar-refractivity contribution in [2.75, 3.05) is 12.3 Å². The Morgan fingerprint density at radius 2 is 1.71 bits per heavy atom. The van der Waals surface area contributed by atoms with Crippen LogP contribution in [0.15, 0.2) is 29.2 Å². The van der Waals surface area contributed by atoms with Crippen LogP contribution in [0.2, 0.25) is 0 Å². The minimum absolute atomic E-state index is 0.00564. The fraction of sp³-hybridized carbons (Fsp3) is 0.562. The molecule has 0 spiro atoms. The normalized spacial score (nSPS) is 11.3. The lowest BCUT2D eigenvalue weighted by Gasteiger charge is -2.10. The molecule has 0 fully saturated rings. The first-order valence-electron chi connectivity index (χ1n) is 7.63. The van der Waals surface area contributed by atoms with E-state index < -0.39 is 9.84 Å². The van der Waals surface area contributed by atoms with E-state index in [4.69, 9.17) is 0 Å². The topological polar surface area (TPSA) is 63.2 Å². The number of unbranched alkanes of at least 4 members (excludes halogenated alkanes) is 4. The summed E-state index contributed by atoms with van der Waals surface area (Å²) in [5.41, 5.74) is 0.243. The molecule has 1 aromatic rings. The van der Waals surface area contributed by atoms with Gasteiger partial charge in [-0.2, -0.15) is 0 Å². The van der Waals surface area contributed by atoms with E-state index in [-0.39, 0.29) is 22.1 Å². The van der Waals surface area contributed by atoms with Gasteiger partial charge in [-0.15, -0.1) is 0 Å². The third kappa shape index (κ3) is 5.50. The predicted molar refractivity (Wildman–Crippen MR) is 85.3 cm³/mol. The van der Waals surface area contributed by atoms with Crippen molar-refractivity contribution in [3.05, 3.63) is 29.8 Å². The van der Waals surface area contributed by atoms with Crippen molar-refractivity contribution in [1.29, 1.82) is 0 Å². The summed E-state index contributed by atoms with van der Waals surface area (Å²) in [5.74, 6) is -0.313. The fourth-order valence-electron chi connectivity index (χ4n) is 2.11. The van der Waals surface area contributed by atoms with Gasteiger partial charge < -0.3 is 5.32 Å². The number of carbonyl (C=O) groups is 1. The van der Waals surface area contributed by atoms with Gasteiger partial charge in [0.05, 0.1) is 16.2 Å². The summed E-state index contributed by atoms with van der Waals surface area (Å²) >= 11 is 0. The average molecular weight is 311 g/mol. The van der Waals surface area contributed by atoms with Crippen molar-refractivity contribution in [2.45, 2.75) is 50.8 Å². The van der Waals surface area contributed by atoms with E-state index in [9.17, 15) is 13.2 Å². The molecule has 1 aromatic carbocycles. The summed E-state index contributed by atoms with van der Waals surface area (Å²) in [6.45, 7) is 4.33. The number of rotatable bonds is 9. The van der Waals surface area contributed by atoms with Gasteiger partial charge >= 0.3 is 0 Å². The molecule has 0 bridgehead atoms. The number of carbonyl (C=O) groups excluding carboxylic acids is 1. The summed E-state index contributed by atoms with van der Waals surface area (Å²) in [5, 5.41) is 2.81. The number of amides is 1. The zero-order chi connectivity index (χ0) is 15.7. The highest BCUT2D eigenvalue weighted by Crippen LogP contribution is 2.16. The van der Waals surface area contributed by atoms with E-state index in [1.165, 1.54) is 25.3 Å². The van der Waals surface area contributed by atoms with Gasteiger partial charge in [-0.05, 0) is 18.6 Å². The van der Waals surface area contributed by atoms with E-state index >= 15 is 0 Å². The van der Waals surface area contributed by atoms with E-state index in [0.717, 1.165) is 12.8 Å². The molecule has 0 atom stereocenters. The molecule has 0 aliphatic carbocycles. The summed E-state index contributed by atoms with van der Waals surface area (Å²) in [4.78, 5) is 12.3. The highest BCUT2D eigenvalue weighted by molar-refractivity contribution is 7.91. The maximum atomic E-state index is 12.1. The van der Waals surface area contributed by atoms with E-state index in [2.05, 4.69) is 12.2 Å². The van der Waals surface area contributed by atoms with E-state index in [1.807, 2.05) is 0 Å². The van der Waals surface area contributed by atoms with Crippen molar-refractivity contribution in [2.24, 2.45) is 0 Å². The van der Waals surface area contributed by atoms with Crippen molar-refractivity contribution in [1.82, 2.24) is 5.32 Å². The first kappa shape index (κ1) is 17.7. The number of nitrogens with one attached hydrogen (secondary N) is 1. The molecular formula is C16H25NO3S. The number of hydrogen-bond donors (Lipinski definition) is 1. The number of sulfone groups is 1. The maximum absolute atomic E-state index is 12.1. The number of benzene rings is 1. The Kier molecular flexibility index (Phi) is 7.43. The molecule has 5 heteroatoms. The Labute approximate surface area is 127 Å². The lowest BCUT2D eigenvalue weighted by Crippen LogP contribution is -2.26. The Morgan fingerprint density at radius 1 is 1.05 bits per heavy atom. The van der Waals surface area contributed by atoms with Crippen molar-refractivity contribution in [3.63, 3.8) is 0 Å². The van der Waals surface area contributed by atoms with Gasteiger partial charge in [0.15, 0.2) is 9.84 Å². The third-order valence-corrected chi connectivity index (χ3v) is 5.20. The zero-order valence-electron chi connectivity index (χ0n) is 12.9. The van der Waals surface area contributed by atoms with Crippen molar-refractivity contribution < 1.29 is 13.2 Å². The summed E-state index contributed by atoms with van der Waals surface area (Å²) in [6, 6.07) is 6.39. The molecule has 0 radical (unpaired) electrons. The molecule has 0 aromatic heterocycles.